The monoisotopic (exact) mass is 215 g/mol. The number of para-hydroxylation sites is 1. The van der Waals surface area contributed by atoms with Gasteiger partial charge < -0.3 is 10.5 Å². The molecule has 0 bridgehead atoms. The third-order valence-corrected chi connectivity index (χ3v) is 2.08. The predicted molar refractivity (Wildman–Crippen MR) is 60.7 cm³/mol. The highest BCUT2D eigenvalue weighted by atomic mass is 16.5. The van der Waals surface area contributed by atoms with E-state index in [2.05, 4.69) is 9.97 Å². The SMILES string of the molecule is NCc1ccnc(COc2ccccc2)n1. The fourth-order valence-electron chi connectivity index (χ4n) is 1.29. The van der Waals surface area contributed by atoms with E-state index in [4.69, 9.17) is 10.5 Å². The summed E-state index contributed by atoms with van der Waals surface area (Å²) in [4.78, 5) is 8.36. The van der Waals surface area contributed by atoms with E-state index in [1.165, 1.54) is 0 Å². The summed E-state index contributed by atoms with van der Waals surface area (Å²) in [6.07, 6.45) is 1.69. The molecule has 0 fully saturated rings. The van der Waals surface area contributed by atoms with Crippen LogP contribution in [-0.2, 0) is 13.2 Å². The van der Waals surface area contributed by atoms with Gasteiger partial charge in [0.05, 0.1) is 5.69 Å². The highest BCUT2D eigenvalue weighted by Gasteiger charge is 1.99. The molecular weight excluding hydrogens is 202 g/mol. The fourth-order valence-corrected chi connectivity index (χ4v) is 1.29. The summed E-state index contributed by atoms with van der Waals surface area (Å²) < 4.78 is 5.53. The second kappa shape index (κ2) is 5.23. The van der Waals surface area contributed by atoms with Crippen LogP contribution in [-0.4, -0.2) is 9.97 Å². The molecule has 2 aromatic rings. The largest absolute Gasteiger partial charge is 0.486 e. The van der Waals surface area contributed by atoms with Crippen LogP contribution < -0.4 is 10.5 Å². The van der Waals surface area contributed by atoms with Crippen molar-refractivity contribution in [2.45, 2.75) is 13.2 Å². The predicted octanol–water partition coefficient (Wildman–Crippen LogP) is 1.51. The molecule has 1 heterocycles. The summed E-state index contributed by atoms with van der Waals surface area (Å²) in [6, 6.07) is 11.4. The van der Waals surface area contributed by atoms with Gasteiger partial charge in [0.25, 0.3) is 0 Å². The molecule has 82 valence electrons. The van der Waals surface area contributed by atoms with Crippen molar-refractivity contribution in [3.05, 3.63) is 54.1 Å². The van der Waals surface area contributed by atoms with Crippen molar-refractivity contribution in [3.8, 4) is 5.75 Å². The van der Waals surface area contributed by atoms with Crippen molar-refractivity contribution >= 4 is 0 Å². The van der Waals surface area contributed by atoms with E-state index in [1.54, 1.807) is 12.3 Å². The van der Waals surface area contributed by atoms with Crippen LogP contribution in [0.3, 0.4) is 0 Å². The number of aromatic nitrogens is 2. The van der Waals surface area contributed by atoms with Gasteiger partial charge in [-0.25, -0.2) is 9.97 Å². The second-order valence-corrected chi connectivity index (χ2v) is 3.27. The van der Waals surface area contributed by atoms with Gasteiger partial charge in [-0.05, 0) is 18.2 Å². The molecule has 4 heteroatoms. The quantitative estimate of drug-likeness (QED) is 0.839. The summed E-state index contributed by atoms with van der Waals surface area (Å²) in [6.45, 7) is 0.776. The molecule has 1 aromatic heterocycles. The number of nitrogens with two attached hydrogens (primary N) is 1. The summed E-state index contributed by atoms with van der Waals surface area (Å²) in [5.74, 6) is 1.45. The molecule has 0 spiro atoms. The number of ether oxygens (including phenoxy) is 1. The van der Waals surface area contributed by atoms with Gasteiger partial charge >= 0.3 is 0 Å². The molecule has 16 heavy (non-hydrogen) atoms. The smallest absolute Gasteiger partial charge is 0.166 e. The Bertz CT molecular complexity index is 445. The van der Waals surface area contributed by atoms with Gasteiger partial charge in [-0.2, -0.15) is 0 Å². The molecule has 2 N–H and O–H groups in total. The molecule has 1 aromatic carbocycles. The third-order valence-electron chi connectivity index (χ3n) is 2.08. The maximum atomic E-state index is 5.53. The van der Waals surface area contributed by atoms with Crippen molar-refractivity contribution in [2.24, 2.45) is 5.73 Å². The van der Waals surface area contributed by atoms with Gasteiger partial charge in [-0.15, -0.1) is 0 Å². The van der Waals surface area contributed by atoms with Crippen molar-refractivity contribution in [1.29, 1.82) is 0 Å². The Kier molecular flexibility index (Phi) is 3.46. The number of benzene rings is 1. The van der Waals surface area contributed by atoms with E-state index >= 15 is 0 Å². The minimum absolute atomic E-state index is 0.359. The molecule has 0 saturated carbocycles. The maximum absolute atomic E-state index is 5.53. The number of hydrogen-bond acceptors (Lipinski definition) is 4. The van der Waals surface area contributed by atoms with Crippen molar-refractivity contribution < 1.29 is 4.74 Å². The van der Waals surface area contributed by atoms with Gasteiger partial charge in [0, 0.05) is 12.7 Å². The molecule has 0 aliphatic rings. The van der Waals surface area contributed by atoms with E-state index in [0.717, 1.165) is 11.4 Å². The van der Waals surface area contributed by atoms with Crippen LogP contribution in [0, 0.1) is 0 Å². The van der Waals surface area contributed by atoms with Gasteiger partial charge in [-0.1, -0.05) is 18.2 Å². The first-order chi connectivity index (χ1) is 7.88. The van der Waals surface area contributed by atoms with Crippen LogP contribution in [0.5, 0.6) is 5.75 Å². The lowest BCUT2D eigenvalue weighted by atomic mass is 10.3. The maximum Gasteiger partial charge on any atom is 0.166 e. The minimum atomic E-state index is 0.359. The Hall–Kier alpha value is -1.94. The average molecular weight is 215 g/mol. The lowest BCUT2D eigenvalue weighted by molar-refractivity contribution is 0.295. The summed E-state index contributed by atoms with van der Waals surface area (Å²) >= 11 is 0. The van der Waals surface area contributed by atoms with Crippen LogP contribution in [0.4, 0.5) is 0 Å². The van der Waals surface area contributed by atoms with Crippen LogP contribution in [0.1, 0.15) is 11.5 Å². The van der Waals surface area contributed by atoms with Gasteiger partial charge in [-0.3, -0.25) is 0 Å². The lowest BCUT2D eigenvalue weighted by Crippen LogP contribution is -2.06. The van der Waals surface area contributed by atoms with E-state index in [0.29, 0.717) is 19.0 Å². The second-order valence-electron chi connectivity index (χ2n) is 3.27. The molecule has 0 radical (unpaired) electrons. The first-order valence-electron chi connectivity index (χ1n) is 5.07. The molecule has 0 atom stereocenters. The lowest BCUT2D eigenvalue weighted by Gasteiger charge is -2.05. The Morgan fingerprint density at radius 3 is 2.69 bits per heavy atom. The van der Waals surface area contributed by atoms with E-state index < -0.39 is 0 Å². The van der Waals surface area contributed by atoms with Crippen LogP contribution >= 0.6 is 0 Å². The minimum Gasteiger partial charge on any atom is -0.486 e. The first kappa shape index (κ1) is 10.6. The topological polar surface area (TPSA) is 61.0 Å². The van der Waals surface area contributed by atoms with Crippen molar-refractivity contribution in [3.63, 3.8) is 0 Å². The first-order valence-corrected chi connectivity index (χ1v) is 5.07. The highest BCUT2D eigenvalue weighted by Crippen LogP contribution is 2.09. The number of rotatable bonds is 4. The number of nitrogens with zero attached hydrogens (tertiary/aromatic N) is 2. The van der Waals surface area contributed by atoms with E-state index in [-0.39, 0.29) is 0 Å². The molecule has 0 aliphatic heterocycles. The molecule has 4 nitrogen and oxygen atoms in total. The average Bonchev–Trinajstić information content (AvgIpc) is 2.38. The molecule has 0 saturated heterocycles. The zero-order valence-corrected chi connectivity index (χ0v) is 8.84. The Morgan fingerprint density at radius 1 is 1.12 bits per heavy atom. The summed E-state index contributed by atoms with van der Waals surface area (Å²) in [5.41, 5.74) is 6.32. The summed E-state index contributed by atoms with van der Waals surface area (Å²) in [5, 5.41) is 0. The summed E-state index contributed by atoms with van der Waals surface area (Å²) in [7, 11) is 0. The zero-order valence-electron chi connectivity index (χ0n) is 8.84. The van der Waals surface area contributed by atoms with Crippen molar-refractivity contribution in [2.75, 3.05) is 0 Å². The molecule has 0 amide bonds. The number of hydrogen-bond donors (Lipinski definition) is 1. The van der Waals surface area contributed by atoms with Crippen LogP contribution in [0.2, 0.25) is 0 Å². The molecule has 2 rings (SSSR count). The molecular formula is C12H13N3O. The Morgan fingerprint density at radius 2 is 1.94 bits per heavy atom. The Labute approximate surface area is 94.1 Å². The van der Waals surface area contributed by atoms with Crippen molar-refractivity contribution in [1.82, 2.24) is 9.97 Å². The Balaban J connectivity index is 1.99. The zero-order chi connectivity index (χ0) is 11.2. The molecule has 0 unspecified atom stereocenters. The van der Waals surface area contributed by atoms with Gasteiger partial charge in [0.15, 0.2) is 5.82 Å². The van der Waals surface area contributed by atoms with E-state index in [1.807, 2.05) is 30.3 Å². The standard InChI is InChI=1S/C12H13N3O/c13-8-10-6-7-14-12(15-10)9-16-11-4-2-1-3-5-11/h1-7H,8-9,13H2. The van der Waals surface area contributed by atoms with E-state index in [9.17, 15) is 0 Å². The molecule has 0 aliphatic carbocycles. The highest BCUT2D eigenvalue weighted by molar-refractivity contribution is 5.21. The van der Waals surface area contributed by atoms with Crippen LogP contribution in [0.15, 0.2) is 42.6 Å². The fraction of sp³-hybridized carbons (Fsp3) is 0.167. The van der Waals surface area contributed by atoms with Crippen LogP contribution in [0.25, 0.3) is 0 Å². The normalized spacial score (nSPS) is 10.1. The van der Waals surface area contributed by atoms with Gasteiger partial charge in [0.2, 0.25) is 0 Å². The third kappa shape index (κ3) is 2.77. The van der Waals surface area contributed by atoms with Gasteiger partial charge in [0.1, 0.15) is 12.4 Å².